The summed E-state index contributed by atoms with van der Waals surface area (Å²) in [7, 11) is 0. The van der Waals surface area contributed by atoms with E-state index in [1.54, 1.807) is 0 Å². The van der Waals surface area contributed by atoms with Gasteiger partial charge in [-0.3, -0.25) is 0 Å². The quantitative estimate of drug-likeness (QED) is 0.813. The highest BCUT2D eigenvalue weighted by molar-refractivity contribution is 5.33. The second-order valence-corrected chi connectivity index (χ2v) is 4.62. The summed E-state index contributed by atoms with van der Waals surface area (Å²) in [5.74, 6) is 0.943. The Hall–Kier alpha value is -1.84. The lowest BCUT2D eigenvalue weighted by Gasteiger charge is -2.11. The van der Waals surface area contributed by atoms with E-state index in [1.165, 1.54) is 11.1 Å². The van der Waals surface area contributed by atoms with Crippen molar-refractivity contribution in [3.05, 3.63) is 65.2 Å². The summed E-state index contributed by atoms with van der Waals surface area (Å²) in [5.41, 5.74) is 3.31. The van der Waals surface area contributed by atoms with Crippen LogP contribution in [0, 0.1) is 0 Å². The van der Waals surface area contributed by atoms with Crippen molar-refractivity contribution in [3.63, 3.8) is 0 Å². The van der Waals surface area contributed by atoms with E-state index in [4.69, 9.17) is 9.84 Å². The number of benzene rings is 2. The first-order valence-corrected chi connectivity index (χ1v) is 6.93. The molecule has 0 aromatic heterocycles. The smallest absolute Gasteiger partial charge is 0.123 e. The largest absolute Gasteiger partial charge is 0.494 e. The summed E-state index contributed by atoms with van der Waals surface area (Å²) in [6.07, 6.45) is 0. The van der Waals surface area contributed by atoms with Crippen LogP contribution in [0.2, 0.25) is 0 Å². The summed E-state index contributed by atoms with van der Waals surface area (Å²) >= 11 is 0. The Kier molecular flexibility index (Phi) is 5.59. The molecule has 106 valence electrons. The lowest BCUT2D eigenvalue weighted by Crippen LogP contribution is -2.13. The summed E-state index contributed by atoms with van der Waals surface area (Å²) < 4.78 is 5.60. The normalized spacial score (nSPS) is 10.5. The van der Waals surface area contributed by atoms with Crippen molar-refractivity contribution >= 4 is 0 Å². The Balaban J connectivity index is 1.89. The van der Waals surface area contributed by atoms with Gasteiger partial charge in [0.05, 0.1) is 13.2 Å². The van der Waals surface area contributed by atoms with Gasteiger partial charge in [-0.15, -0.1) is 0 Å². The van der Waals surface area contributed by atoms with E-state index in [-0.39, 0.29) is 6.61 Å². The molecule has 2 aromatic carbocycles. The fourth-order valence-corrected chi connectivity index (χ4v) is 2.05. The van der Waals surface area contributed by atoms with Crippen LogP contribution < -0.4 is 10.1 Å². The molecule has 0 aliphatic rings. The van der Waals surface area contributed by atoms with E-state index in [2.05, 4.69) is 11.4 Å². The molecule has 2 rings (SSSR count). The van der Waals surface area contributed by atoms with Crippen molar-refractivity contribution in [2.75, 3.05) is 6.61 Å². The highest BCUT2D eigenvalue weighted by atomic mass is 16.5. The van der Waals surface area contributed by atoms with Crippen LogP contribution in [-0.4, -0.2) is 11.7 Å². The minimum Gasteiger partial charge on any atom is -0.494 e. The number of para-hydroxylation sites is 1. The van der Waals surface area contributed by atoms with Gasteiger partial charge in [-0.25, -0.2) is 0 Å². The van der Waals surface area contributed by atoms with Gasteiger partial charge in [-0.05, 0) is 24.1 Å². The number of aliphatic hydroxyl groups is 1. The molecule has 0 atom stereocenters. The van der Waals surface area contributed by atoms with Gasteiger partial charge in [0.1, 0.15) is 5.75 Å². The number of hydrogen-bond donors (Lipinski definition) is 2. The first kappa shape index (κ1) is 14.6. The number of rotatable bonds is 7. The Morgan fingerprint density at radius 3 is 2.35 bits per heavy atom. The monoisotopic (exact) mass is 271 g/mol. The first-order valence-electron chi connectivity index (χ1n) is 6.93. The van der Waals surface area contributed by atoms with Crippen LogP contribution in [0.25, 0.3) is 0 Å². The summed E-state index contributed by atoms with van der Waals surface area (Å²) in [6.45, 7) is 4.34. The zero-order valence-electron chi connectivity index (χ0n) is 11.8. The van der Waals surface area contributed by atoms with E-state index in [9.17, 15) is 0 Å². The second kappa shape index (κ2) is 7.68. The number of nitrogens with one attached hydrogen (secondary N) is 1. The van der Waals surface area contributed by atoms with Crippen LogP contribution in [-0.2, 0) is 19.7 Å². The Bertz CT molecular complexity index is 523. The molecule has 0 aliphatic heterocycles. The zero-order valence-corrected chi connectivity index (χ0v) is 11.8. The third-order valence-electron chi connectivity index (χ3n) is 3.12. The minimum atomic E-state index is 0.0927. The Morgan fingerprint density at radius 2 is 1.65 bits per heavy atom. The van der Waals surface area contributed by atoms with Crippen molar-refractivity contribution in [2.24, 2.45) is 0 Å². The maximum atomic E-state index is 9.00. The maximum Gasteiger partial charge on any atom is 0.123 e. The molecule has 0 saturated carbocycles. The molecule has 0 aliphatic carbocycles. The molecule has 3 nitrogen and oxygen atoms in total. The summed E-state index contributed by atoms with van der Waals surface area (Å²) in [4.78, 5) is 0. The molecule has 3 heteroatoms. The molecule has 0 radical (unpaired) electrons. The molecule has 0 fully saturated rings. The van der Waals surface area contributed by atoms with Crippen molar-refractivity contribution in [1.82, 2.24) is 5.32 Å². The van der Waals surface area contributed by atoms with Crippen LogP contribution in [0.3, 0.4) is 0 Å². The molecule has 0 spiro atoms. The van der Waals surface area contributed by atoms with Gasteiger partial charge in [0.25, 0.3) is 0 Å². The molecule has 2 aromatic rings. The lowest BCUT2D eigenvalue weighted by atomic mass is 10.1. The number of hydrogen-bond acceptors (Lipinski definition) is 3. The van der Waals surface area contributed by atoms with Crippen molar-refractivity contribution in [3.8, 4) is 5.75 Å². The van der Waals surface area contributed by atoms with Gasteiger partial charge in [0, 0.05) is 18.7 Å². The molecular formula is C17H21NO2. The average Bonchev–Trinajstić information content (AvgIpc) is 2.50. The van der Waals surface area contributed by atoms with Crippen molar-refractivity contribution in [2.45, 2.75) is 26.6 Å². The fourth-order valence-electron chi connectivity index (χ4n) is 2.05. The van der Waals surface area contributed by atoms with Crippen LogP contribution >= 0.6 is 0 Å². The Morgan fingerprint density at radius 1 is 0.950 bits per heavy atom. The zero-order chi connectivity index (χ0) is 14.2. The Labute approximate surface area is 120 Å². The second-order valence-electron chi connectivity index (χ2n) is 4.62. The van der Waals surface area contributed by atoms with Crippen LogP contribution in [0.1, 0.15) is 23.6 Å². The van der Waals surface area contributed by atoms with Gasteiger partial charge < -0.3 is 15.2 Å². The molecule has 0 unspecified atom stereocenters. The molecule has 0 bridgehead atoms. The van der Waals surface area contributed by atoms with Gasteiger partial charge in [0.2, 0.25) is 0 Å². The van der Waals surface area contributed by atoms with Crippen molar-refractivity contribution < 1.29 is 9.84 Å². The van der Waals surface area contributed by atoms with Crippen LogP contribution in [0.4, 0.5) is 0 Å². The minimum absolute atomic E-state index is 0.0927. The third kappa shape index (κ3) is 4.08. The predicted octanol–water partition coefficient (Wildman–Crippen LogP) is 2.87. The average molecular weight is 271 g/mol. The third-order valence-corrected chi connectivity index (χ3v) is 3.12. The molecule has 0 saturated heterocycles. The molecule has 20 heavy (non-hydrogen) atoms. The van der Waals surface area contributed by atoms with E-state index in [0.717, 1.165) is 24.4 Å². The highest BCUT2D eigenvalue weighted by Crippen LogP contribution is 2.17. The predicted molar refractivity (Wildman–Crippen MR) is 80.5 cm³/mol. The fraction of sp³-hybridized carbons (Fsp3) is 0.294. The molecular weight excluding hydrogens is 250 g/mol. The highest BCUT2D eigenvalue weighted by Gasteiger charge is 2.01. The SMILES string of the molecule is CCOc1ccccc1CNCc1ccc(CO)cc1. The van der Waals surface area contributed by atoms with Gasteiger partial charge in [-0.2, -0.15) is 0 Å². The number of ether oxygens (including phenoxy) is 1. The summed E-state index contributed by atoms with van der Waals surface area (Å²) in [5, 5.41) is 12.4. The van der Waals surface area contributed by atoms with E-state index in [0.29, 0.717) is 6.61 Å². The molecule has 0 heterocycles. The topological polar surface area (TPSA) is 41.5 Å². The van der Waals surface area contributed by atoms with E-state index < -0.39 is 0 Å². The maximum absolute atomic E-state index is 9.00. The molecule has 2 N–H and O–H groups in total. The van der Waals surface area contributed by atoms with Gasteiger partial charge in [0.15, 0.2) is 0 Å². The van der Waals surface area contributed by atoms with Crippen LogP contribution in [0.5, 0.6) is 5.75 Å². The van der Waals surface area contributed by atoms with Gasteiger partial charge >= 0.3 is 0 Å². The lowest BCUT2D eigenvalue weighted by molar-refractivity contribution is 0.282. The van der Waals surface area contributed by atoms with E-state index >= 15 is 0 Å². The standard InChI is InChI=1S/C17H21NO2/c1-2-20-17-6-4-3-5-16(17)12-18-11-14-7-9-15(13-19)10-8-14/h3-10,18-19H,2,11-13H2,1H3. The van der Waals surface area contributed by atoms with Crippen LogP contribution in [0.15, 0.2) is 48.5 Å². The van der Waals surface area contributed by atoms with Gasteiger partial charge in [-0.1, -0.05) is 42.5 Å². The van der Waals surface area contributed by atoms with Crippen molar-refractivity contribution in [1.29, 1.82) is 0 Å². The first-order chi connectivity index (χ1) is 9.83. The molecule has 0 amide bonds. The van der Waals surface area contributed by atoms with E-state index in [1.807, 2.05) is 49.4 Å². The number of aliphatic hydroxyl groups excluding tert-OH is 1. The summed E-state index contributed by atoms with van der Waals surface area (Å²) in [6, 6.07) is 16.1.